The third-order valence-corrected chi connectivity index (χ3v) is 5.40. The minimum Gasteiger partial charge on any atom is -0.484 e. The lowest BCUT2D eigenvalue weighted by atomic mass is 9.97. The molecule has 1 atom stereocenters. The molecule has 1 fully saturated rings. The Bertz CT molecular complexity index is 972. The number of nitrogens with zero attached hydrogens (tertiary/aromatic N) is 4. The van der Waals surface area contributed by atoms with Gasteiger partial charge >= 0.3 is 0 Å². The van der Waals surface area contributed by atoms with E-state index in [4.69, 9.17) is 16.3 Å². The number of ether oxygens (including phenoxy) is 1. The van der Waals surface area contributed by atoms with Crippen molar-refractivity contribution in [2.75, 3.05) is 19.7 Å². The molecular weight excluding hydrogens is 364 g/mol. The first-order valence-electron chi connectivity index (χ1n) is 9.08. The molecular formula is C20H21ClN4O2. The summed E-state index contributed by atoms with van der Waals surface area (Å²) in [7, 11) is 0. The van der Waals surface area contributed by atoms with Gasteiger partial charge in [-0.05, 0) is 55.7 Å². The van der Waals surface area contributed by atoms with Crippen molar-refractivity contribution in [3.05, 3.63) is 59.0 Å². The highest BCUT2D eigenvalue weighted by Gasteiger charge is 2.28. The van der Waals surface area contributed by atoms with Gasteiger partial charge in [0.05, 0.1) is 0 Å². The van der Waals surface area contributed by atoms with Crippen LogP contribution in [0.2, 0.25) is 5.02 Å². The summed E-state index contributed by atoms with van der Waals surface area (Å²) in [4.78, 5) is 14.5. The highest BCUT2D eigenvalue weighted by atomic mass is 35.5. The summed E-state index contributed by atoms with van der Waals surface area (Å²) in [5, 5.41) is 9.27. The molecule has 3 aromatic rings. The lowest BCUT2D eigenvalue weighted by Gasteiger charge is -2.32. The highest BCUT2D eigenvalue weighted by molar-refractivity contribution is 6.31. The molecule has 1 aromatic carbocycles. The number of hydrogen-bond donors (Lipinski definition) is 0. The maximum Gasteiger partial charge on any atom is 0.260 e. The highest BCUT2D eigenvalue weighted by Crippen LogP contribution is 2.26. The molecule has 0 bridgehead atoms. The van der Waals surface area contributed by atoms with Gasteiger partial charge in [0.1, 0.15) is 11.6 Å². The number of hydrogen-bond acceptors (Lipinski definition) is 4. The van der Waals surface area contributed by atoms with Crippen molar-refractivity contribution in [1.29, 1.82) is 0 Å². The van der Waals surface area contributed by atoms with Crippen LogP contribution >= 0.6 is 11.6 Å². The summed E-state index contributed by atoms with van der Waals surface area (Å²) in [6, 6.07) is 11.3. The van der Waals surface area contributed by atoms with E-state index in [1.54, 1.807) is 12.1 Å². The lowest BCUT2D eigenvalue weighted by Crippen LogP contribution is -2.42. The second-order valence-corrected chi connectivity index (χ2v) is 7.27. The number of pyridine rings is 1. The van der Waals surface area contributed by atoms with Crippen molar-refractivity contribution < 1.29 is 9.53 Å². The first-order valence-corrected chi connectivity index (χ1v) is 9.46. The number of rotatable bonds is 4. The van der Waals surface area contributed by atoms with Crippen LogP contribution in [0.15, 0.2) is 42.6 Å². The van der Waals surface area contributed by atoms with E-state index in [0.717, 1.165) is 36.4 Å². The van der Waals surface area contributed by atoms with Crippen LogP contribution in [0.1, 0.15) is 30.1 Å². The Hall–Kier alpha value is -2.60. The molecule has 27 heavy (non-hydrogen) atoms. The van der Waals surface area contributed by atoms with Gasteiger partial charge in [-0.3, -0.25) is 9.20 Å². The Morgan fingerprint density at radius 1 is 1.30 bits per heavy atom. The van der Waals surface area contributed by atoms with Gasteiger partial charge in [-0.1, -0.05) is 17.7 Å². The molecule has 2 aromatic heterocycles. The van der Waals surface area contributed by atoms with Crippen LogP contribution in [0.4, 0.5) is 0 Å². The monoisotopic (exact) mass is 384 g/mol. The van der Waals surface area contributed by atoms with E-state index in [-0.39, 0.29) is 18.4 Å². The molecule has 4 rings (SSSR count). The Kier molecular flexibility index (Phi) is 4.99. The predicted octanol–water partition coefficient (Wildman–Crippen LogP) is 3.48. The molecule has 1 aliphatic rings. The molecule has 140 valence electrons. The molecule has 0 radical (unpaired) electrons. The Morgan fingerprint density at radius 3 is 3.04 bits per heavy atom. The zero-order chi connectivity index (χ0) is 18.8. The van der Waals surface area contributed by atoms with Gasteiger partial charge < -0.3 is 9.64 Å². The largest absolute Gasteiger partial charge is 0.484 e. The van der Waals surface area contributed by atoms with E-state index in [0.29, 0.717) is 17.3 Å². The number of fused-ring (bicyclic) bond motifs is 1. The van der Waals surface area contributed by atoms with Gasteiger partial charge in [0.25, 0.3) is 5.91 Å². The third kappa shape index (κ3) is 3.76. The summed E-state index contributed by atoms with van der Waals surface area (Å²) in [6.07, 6.45) is 3.91. The van der Waals surface area contributed by atoms with Crippen LogP contribution in [0.25, 0.3) is 5.65 Å². The average molecular weight is 385 g/mol. The molecule has 1 amide bonds. The second-order valence-electron chi connectivity index (χ2n) is 6.87. The smallest absolute Gasteiger partial charge is 0.260 e. The SMILES string of the molecule is Cc1cc(OCC(=O)N2CCCC(c3nnc4ccccn34)C2)ccc1Cl. The number of carbonyl (C=O) groups excluding carboxylic acids is 1. The summed E-state index contributed by atoms with van der Waals surface area (Å²) in [6.45, 7) is 3.32. The molecule has 6 nitrogen and oxygen atoms in total. The number of benzene rings is 1. The van der Waals surface area contributed by atoms with E-state index in [1.807, 2.05) is 46.7 Å². The molecule has 1 unspecified atom stereocenters. The Balaban J connectivity index is 1.41. The maximum absolute atomic E-state index is 12.6. The van der Waals surface area contributed by atoms with Gasteiger partial charge in [-0.2, -0.15) is 0 Å². The fraction of sp³-hybridized carbons (Fsp3) is 0.350. The predicted molar refractivity (Wildman–Crippen MR) is 103 cm³/mol. The van der Waals surface area contributed by atoms with Gasteiger partial charge in [0.2, 0.25) is 0 Å². The number of likely N-dealkylation sites (tertiary alicyclic amines) is 1. The number of amides is 1. The first kappa shape index (κ1) is 17.8. The molecule has 7 heteroatoms. The summed E-state index contributed by atoms with van der Waals surface area (Å²) in [5.41, 5.74) is 1.76. The minimum atomic E-state index is -0.0128. The third-order valence-electron chi connectivity index (χ3n) is 4.97. The van der Waals surface area contributed by atoms with E-state index in [2.05, 4.69) is 10.2 Å². The molecule has 1 saturated heterocycles. The number of aromatic nitrogens is 3. The molecule has 3 heterocycles. The topological polar surface area (TPSA) is 59.7 Å². The van der Waals surface area contributed by atoms with Crippen LogP contribution in [-0.4, -0.2) is 45.1 Å². The van der Waals surface area contributed by atoms with Crippen molar-refractivity contribution in [1.82, 2.24) is 19.5 Å². The first-order chi connectivity index (χ1) is 13.1. The molecule has 0 aliphatic carbocycles. The second kappa shape index (κ2) is 7.56. The standard InChI is InChI=1S/C20H21ClN4O2/c1-14-11-16(7-8-17(14)21)27-13-19(26)24-9-4-5-15(12-24)20-23-22-18-6-2-3-10-25(18)20/h2-3,6-8,10-11,15H,4-5,9,12-13H2,1H3. The van der Waals surface area contributed by atoms with E-state index in [1.165, 1.54) is 0 Å². The number of aryl methyl sites for hydroxylation is 1. The number of halogens is 1. The number of carbonyl (C=O) groups is 1. The maximum atomic E-state index is 12.6. The molecule has 0 saturated carbocycles. The van der Waals surface area contributed by atoms with Crippen molar-refractivity contribution in [2.45, 2.75) is 25.7 Å². The van der Waals surface area contributed by atoms with Crippen LogP contribution < -0.4 is 4.74 Å². The fourth-order valence-electron chi connectivity index (χ4n) is 3.50. The van der Waals surface area contributed by atoms with Crippen molar-refractivity contribution >= 4 is 23.2 Å². The summed E-state index contributed by atoms with van der Waals surface area (Å²) < 4.78 is 7.68. The van der Waals surface area contributed by atoms with E-state index >= 15 is 0 Å². The lowest BCUT2D eigenvalue weighted by molar-refractivity contribution is -0.134. The van der Waals surface area contributed by atoms with Crippen LogP contribution in [0.3, 0.4) is 0 Å². The summed E-state index contributed by atoms with van der Waals surface area (Å²) >= 11 is 6.03. The van der Waals surface area contributed by atoms with Crippen LogP contribution in [0, 0.1) is 6.92 Å². The molecule has 0 spiro atoms. The Morgan fingerprint density at radius 2 is 2.19 bits per heavy atom. The zero-order valence-corrected chi connectivity index (χ0v) is 15.9. The van der Waals surface area contributed by atoms with E-state index < -0.39 is 0 Å². The molecule has 1 aliphatic heterocycles. The summed E-state index contributed by atoms with van der Waals surface area (Å²) in [5.74, 6) is 1.73. The van der Waals surface area contributed by atoms with Crippen molar-refractivity contribution in [3.8, 4) is 5.75 Å². The van der Waals surface area contributed by atoms with E-state index in [9.17, 15) is 4.79 Å². The number of piperidine rings is 1. The van der Waals surface area contributed by atoms with Gasteiger partial charge in [0.15, 0.2) is 12.3 Å². The van der Waals surface area contributed by atoms with Gasteiger partial charge in [-0.25, -0.2) is 0 Å². The minimum absolute atomic E-state index is 0.0128. The fourth-order valence-corrected chi connectivity index (χ4v) is 3.61. The normalized spacial score (nSPS) is 17.3. The van der Waals surface area contributed by atoms with Crippen LogP contribution in [0.5, 0.6) is 5.75 Å². The molecule has 0 N–H and O–H groups in total. The van der Waals surface area contributed by atoms with Crippen LogP contribution in [-0.2, 0) is 4.79 Å². The zero-order valence-electron chi connectivity index (χ0n) is 15.1. The van der Waals surface area contributed by atoms with Crippen molar-refractivity contribution in [3.63, 3.8) is 0 Å². The van der Waals surface area contributed by atoms with Crippen molar-refractivity contribution in [2.24, 2.45) is 0 Å². The van der Waals surface area contributed by atoms with Gasteiger partial charge in [0, 0.05) is 30.2 Å². The Labute approximate surface area is 162 Å². The quantitative estimate of drug-likeness (QED) is 0.691. The van der Waals surface area contributed by atoms with Gasteiger partial charge in [-0.15, -0.1) is 10.2 Å². The average Bonchev–Trinajstić information content (AvgIpc) is 3.13.